The summed E-state index contributed by atoms with van der Waals surface area (Å²) in [7, 11) is -1.91. The van der Waals surface area contributed by atoms with E-state index in [0.29, 0.717) is 28.8 Å². The van der Waals surface area contributed by atoms with Crippen LogP contribution >= 0.6 is 11.6 Å². The Kier molecular flexibility index (Phi) is 5.91. The highest BCUT2D eigenvalue weighted by molar-refractivity contribution is 7.92. The van der Waals surface area contributed by atoms with E-state index in [9.17, 15) is 8.42 Å². The number of halogens is 1. The molecule has 0 unspecified atom stereocenters. The molecule has 178 valence electrons. The Bertz CT molecular complexity index is 1360. The molecule has 3 aromatic rings. The summed E-state index contributed by atoms with van der Waals surface area (Å²) in [5.41, 5.74) is 3.39. The van der Waals surface area contributed by atoms with Gasteiger partial charge < -0.3 is 19.7 Å². The van der Waals surface area contributed by atoms with Crippen molar-refractivity contribution >= 4 is 38.9 Å². The molecule has 2 aromatic carbocycles. The van der Waals surface area contributed by atoms with Gasteiger partial charge in [-0.1, -0.05) is 23.7 Å². The minimum absolute atomic E-state index is 0.0946. The van der Waals surface area contributed by atoms with Crippen LogP contribution in [-0.4, -0.2) is 40.1 Å². The molecular weight excluding hydrogens is 476 g/mol. The van der Waals surface area contributed by atoms with E-state index in [4.69, 9.17) is 21.1 Å². The molecule has 0 radical (unpaired) electrons. The quantitative estimate of drug-likeness (QED) is 0.523. The highest BCUT2D eigenvalue weighted by Gasteiger charge is 2.24. The number of fused-ring (bicyclic) bond motifs is 2. The first-order chi connectivity index (χ1) is 16.3. The lowest BCUT2D eigenvalue weighted by Crippen LogP contribution is -2.28. The summed E-state index contributed by atoms with van der Waals surface area (Å²) in [6.07, 6.45) is 0.790. The molecule has 0 fully saturated rings. The van der Waals surface area contributed by atoms with E-state index < -0.39 is 10.0 Å². The predicted molar refractivity (Wildman–Crippen MR) is 133 cm³/mol. The summed E-state index contributed by atoms with van der Waals surface area (Å²) in [6, 6.07) is 12.5. The topological polar surface area (TPSA) is 92.8 Å². The van der Waals surface area contributed by atoms with Crippen LogP contribution in [0.5, 0.6) is 11.5 Å². The zero-order valence-electron chi connectivity index (χ0n) is 18.9. The summed E-state index contributed by atoms with van der Waals surface area (Å²) in [4.78, 5) is 6.76. The summed E-state index contributed by atoms with van der Waals surface area (Å²) >= 11 is 6.15. The van der Waals surface area contributed by atoms with Crippen LogP contribution in [-0.2, 0) is 23.1 Å². The van der Waals surface area contributed by atoms with Gasteiger partial charge in [0.05, 0.1) is 17.1 Å². The van der Waals surface area contributed by atoms with E-state index in [1.807, 2.05) is 31.3 Å². The fraction of sp³-hybridized carbons (Fsp3) is 0.292. The molecule has 2 aliphatic rings. The van der Waals surface area contributed by atoms with Gasteiger partial charge >= 0.3 is 0 Å². The Hall–Kier alpha value is -3.17. The van der Waals surface area contributed by atoms with E-state index in [-0.39, 0.29) is 17.3 Å². The number of likely N-dealkylation sites (N-methyl/N-ethyl adjacent to an activating group) is 1. The molecule has 0 atom stereocenters. The molecule has 3 heterocycles. The number of nitrogens with zero attached hydrogens (tertiary/aromatic N) is 2. The van der Waals surface area contributed by atoms with Gasteiger partial charge in [-0.05, 0) is 54.8 Å². The minimum atomic E-state index is -3.94. The Balaban J connectivity index is 1.43. The highest BCUT2D eigenvalue weighted by Crippen LogP contribution is 2.35. The standard InChI is InChI=1S/C24H25ClN4O4S/c1-15-18(25)4-3-5-22(15)34(30,31)28-24-21(13-17-8-9-26-23(17)27-24)33-14-16-6-7-19-20(12-16)32-11-10-29(19)2/h3-7,12-13H,8-11,14H2,1-2H3,(H2,26,27,28). The number of aromatic nitrogens is 1. The zero-order chi connectivity index (χ0) is 23.9. The van der Waals surface area contributed by atoms with Crippen molar-refractivity contribution in [2.24, 2.45) is 0 Å². The number of nitrogens with one attached hydrogen (secondary N) is 2. The predicted octanol–water partition coefficient (Wildman–Crippen LogP) is 4.22. The van der Waals surface area contributed by atoms with Crippen LogP contribution in [0.1, 0.15) is 16.7 Å². The van der Waals surface area contributed by atoms with E-state index in [1.165, 1.54) is 6.07 Å². The molecule has 0 amide bonds. The van der Waals surface area contributed by atoms with Crippen LogP contribution in [0.15, 0.2) is 47.4 Å². The lowest BCUT2D eigenvalue weighted by Gasteiger charge is -2.28. The molecule has 1 aromatic heterocycles. The third-order valence-electron chi connectivity index (χ3n) is 6.01. The number of sulfonamides is 1. The average molecular weight is 501 g/mol. The van der Waals surface area contributed by atoms with E-state index >= 15 is 0 Å². The van der Waals surface area contributed by atoms with E-state index in [2.05, 4.69) is 19.9 Å². The third kappa shape index (κ3) is 4.33. The number of anilines is 3. The van der Waals surface area contributed by atoms with Gasteiger partial charge in [-0.2, -0.15) is 0 Å². The van der Waals surface area contributed by atoms with Gasteiger partial charge in [-0.3, -0.25) is 4.72 Å². The lowest BCUT2D eigenvalue weighted by atomic mass is 10.1. The molecule has 2 N–H and O–H groups in total. The SMILES string of the molecule is Cc1c(Cl)cccc1S(=O)(=O)Nc1nc2c(cc1OCc1ccc3c(c1)OCCN3C)CCN2. The second-order valence-electron chi connectivity index (χ2n) is 8.35. The Morgan fingerprint density at radius 3 is 2.97 bits per heavy atom. The van der Waals surface area contributed by atoms with Crippen LogP contribution in [0.3, 0.4) is 0 Å². The molecule has 0 bridgehead atoms. The summed E-state index contributed by atoms with van der Waals surface area (Å²) in [5.74, 6) is 1.95. The van der Waals surface area contributed by atoms with Gasteiger partial charge in [-0.15, -0.1) is 0 Å². The number of ether oxygens (including phenoxy) is 2. The van der Waals surface area contributed by atoms with Gasteiger partial charge in [0.25, 0.3) is 10.0 Å². The zero-order valence-corrected chi connectivity index (χ0v) is 20.5. The normalized spacial score (nSPS) is 14.6. The first kappa shape index (κ1) is 22.6. The molecule has 34 heavy (non-hydrogen) atoms. The molecular formula is C24H25ClN4O4S. The average Bonchev–Trinajstić information content (AvgIpc) is 3.26. The van der Waals surface area contributed by atoms with Crippen molar-refractivity contribution in [1.82, 2.24) is 4.98 Å². The van der Waals surface area contributed by atoms with Crippen LogP contribution < -0.4 is 24.4 Å². The summed E-state index contributed by atoms with van der Waals surface area (Å²) < 4.78 is 40.8. The van der Waals surface area contributed by atoms with E-state index in [1.54, 1.807) is 19.1 Å². The largest absolute Gasteiger partial charge is 0.490 e. The minimum Gasteiger partial charge on any atom is -0.490 e. The number of benzene rings is 2. The fourth-order valence-corrected chi connectivity index (χ4v) is 5.60. The number of hydrogen-bond acceptors (Lipinski definition) is 7. The van der Waals surface area contributed by atoms with Gasteiger partial charge in [0, 0.05) is 24.2 Å². The van der Waals surface area contributed by atoms with Crippen molar-refractivity contribution < 1.29 is 17.9 Å². The maximum Gasteiger partial charge on any atom is 0.263 e. The smallest absolute Gasteiger partial charge is 0.263 e. The molecule has 0 saturated heterocycles. The number of hydrogen-bond donors (Lipinski definition) is 2. The van der Waals surface area contributed by atoms with Gasteiger partial charge in [0.2, 0.25) is 0 Å². The van der Waals surface area contributed by atoms with Crippen LogP contribution in [0, 0.1) is 6.92 Å². The maximum atomic E-state index is 13.2. The van der Waals surface area contributed by atoms with Crippen molar-refractivity contribution in [3.05, 3.63) is 64.2 Å². The first-order valence-electron chi connectivity index (χ1n) is 11.0. The van der Waals surface area contributed by atoms with Gasteiger partial charge in [0.15, 0.2) is 11.6 Å². The number of rotatable bonds is 6. The Labute approximate surface area is 203 Å². The maximum absolute atomic E-state index is 13.2. The van der Waals surface area contributed by atoms with Crippen LogP contribution in [0.4, 0.5) is 17.3 Å². The second-order valence-corrected chi connectivity index (χ2v) is 10.4. The lowest BCUT2D eigenvalue weighted by molar-refractivity contribution is 0.298. The van der Waals surface area contributed by atoms with Crippen LogP contribution in [0.2, 0.25) is 5.02 Å². The fourth-order valence-electron chi connectivity index (χ4n) is 4.09. The molecule has 8 nitrogen and oxygen atoms in total. The van der Waals surface area contributed by atoms with Crippen molar-refractivity contribution in [2.45, 2.75) is 24.8 Å². The third-order valence-corrected chi connectivity index (χ3v) is 7.90. The Morgan fingerprint density at radius 2 is 2.12 bits per heavy atom. The van der Waals surface area contributed by atoms with Crippen molar-refractivity contribution in [3.8, 4) is 11.5 Å². The first-order valence-corrected chi connectivity index (χ1v) is 12.8. The molecule has 0 saturated carbocycles. The monoisotopic (exact) mass is 500 g/mol. The van der Waals surface area contributed by atoms with Gasteiger partial charge in [0.1, 0.15) is 24.8 Å². The second kappa shape index (κ2) is 8.88. The number of pyridine rings is 1. The van der Waals surface area contributed by atoms with E-state index in [0.717, 1.165) is 42.1 Å². The van der Waals surface area contributed by atoms with Crippen molar-refractivity contribution in [1.29, 1.82) is 0 Å². The molecule has 0 spiro atoms. The highest BCUT2D eigenvalue weighted by atomic mass is 35.5. The molecule has 2 aliphatic heterocycles. The molecule has 5 rings (SSSR count). The molecule has 10 heteroatoms. The summed E-state index contributed by atoms with van der Waals surface area (Å²) in [6.45, 7) is 4.11. The van der Waals surface area contributed by atoms with Gasteiger partial charge in [-0.25, -0.2) is 13.4 Å². The van der Waals surface area contributed by atoms with Crippen LogP contribution in [0.25, 0.3) is 0 Å². The summed E-state index contributed by atoms with van der Waals surface area (Å²) in [5, 5.41) is 3.56. The molecule has 0 aliphatic carbocycles. The van der Waals surface area contributed by atoms with Crippen molar-refractivity contribution in [3.63, 3.8) is 0 Å². The van der Waals surface area contributed by atoms with Crippen molar-refractivity contribution in [2.75, 3.05) is 41.7 Å². The Morgan fingerprint density at radius 1 is 1.26 bits per heavy atom.